The standard InChI is InChI=1S/C23H32N6O2S/c1-5-8-18-20-21(27(4)26-18)23(30)25-22(24-20)17-15-16(9-10-19(17)31-7-3)32-29-13-11-28(6-2)12-14-29/h9-10,15H,5-8,11-14H2,1-4H3,(H,24,25,30). The maximum absolute atomic E-state index is 12.9. The van der Waals surface area contributed by atoms with Crippen molar-refractivity contribution in [2.75, 3.05) is 39.3 Å². The molecule has 2 aromatic heterocycles. The Morgan fingerprint density at radius 2 is 1.94 bits per heavy atom. The smallest absolute Gasteiger partial charge is 0.277 e. The van der Waals surface area contributed by atoms with E-state index in [0.717, 1.165) is 67.5 Å². The van der Waals surface area contributed by atoms with Gasteiger partial charge in [-0.3, -0.25) is 9.48 Å². The lowest BCUT2D eigenvalue weighted by Gasteiger charge is -2.33. The lowest BCUT2D eigenvalue weighted by molar-refractivity contribution is 0.205. The number of rotatable bonds is 8. The van der Waals surface area contributed by atoms with Crippen molar-refractivity contribution in [3.05, 3.63) is 34.2 Å². The Balaban J connectivity index is 1.71. The number of likely N-dealkylation sites (N-methyl/N-ethyl adjacent to an activating group) is 1. The number of fused-ring (bicyclic) bond motifs is 1. The van der Waals surface area contributed by atoms with Crippen LogP contribution in [0.15, 0.2) is 27.9 Å². The summed E-state index contributed by atoms with van der Waals surface area (Å²) in [7, 11) is 1.79. The van der Waals surface area contributed by atoms with Gasteiger partial charge in [0.25, 0.3) is 5.56 Å². The average molecular weight is 457 g/mol. The number of aryl methyl sites for hydroxylation is 2. The first kappa shape index (κ1) is 22.8. The molecule has 1 aliphatic heterocycles. The van der Waals surface area contributed by atoms with Crippen LogP contribution in [-0.2, 0) is 13.5 Å². The van der Waals surface area contributed by atoms with Crippen molar-refractivity contribution in [1.29, 1.82) is 0 Å². The summed E-state index contributed by atoms with van der Waals surface area (Å²) in [6, 6.07) is 6.13. The van der Waals surface area contributed by atoms with Crippen LogP contribution >= 0.6 is 11.9 Å². The van der Waals surface area contributed by atoms with Gasteiger partial charge in [-0.1, -0.05) is 20.3 Å². The van der Waals surface area contributed by atoms with Crippen molar-refractivity contribution in [2.24, 2.45) is 7.05 Å². The minimum atomic E-state index is -0.182. The molecule has 0 radical (unpaired) electrons. The van der Waals surface area contributed by atoms with Crippen molar-refractivity contribution in [3.63, 3.8) is 0 Å². The number of piperazine rings is 1. The van der Waals surface area contributed by atoms with Crippen LogP contribution in [0.2, 0.25) is 0 Å². The molecule has 172 valence electrons. The molecular formula is C23H32N6O2S. The molecule has 0 unspecified atom stereocenters. The number of hydrogen-bond donors (Lipinski definition) is 1. The highest BCUT2D eigenvalue weighted by Gasteiger charge is 2.20. The lowest BCUT2D eigenvalue weighted by Crippen LogP contribution is -2.43. The van der Waals surface area contributed by atoms with Gasteiger partial charge in [0.1, 0.15) is 17.1 Å². The Bertz CT molecular complexity index is 1130. The quantitative estimate of drug-likeness (QED) is 0.521. The molecule has 3 aromatic rings. The van der Waals surface area contributed by atoms with Gasteiger partial charge in [0.2, 0.25) is 0 Å². The van der Waals surface area contributed by atoms with Crippen molar-refractivity contribution in [1.82, 2.24) is 29.0 Å². The molecule has 1 fully saturated rings. The second-order valence-corrected chi connectivity index (χ2v) is 9.15. The lowest BCUT2D eigenvalue weighted by atomic mass is 10.1. The summed E-state index contributed by atoms with van der Waals surface area (Å²) in [4.78, 5) is 24.3. The van der Waals surface area contributed by atoms with Crippen LogP contribution < -0.4 is 10.3 Å². The molecule has 32 heavy (non-hydrogen) atoms. The summed E-state index contributed by atoms with van der Waals surface area (Å²) in [5.41, 5.74) is 2.65. The number of aromatic nitrogens is 4. The van der Waals surface area contributed by atoms with E-state index in [0.29, 0.717) is 23.5 Å². The van der Waals surface area contributed by atoms with E-state index in [1.807, 2.05) is 13.0 Å². The predicted molar refractivity (Wildman–Crippen MR) is 129 cm³/mol. The third-order valence-electron chi connectivity index (χ3n) is 5.77. The van der Waals surface area contributed by atoms with Crippen LogP contribution in [0.5, 0.6) is 5.75 Å². The number of ether oxygens (including phenoxy) is 1. The van der Waals surface area contributed by atoms with E-state index < -0.39 is 0 Å². The topological polar surface area (TPSA) is 79.3 Å². The zero-order chi connectivity index (χ0) is 22.7. The van der Waals surface area contributed by atoms with Gasteiger partial charge in [0, 0.05) is 38.1 Å². The summed E-state index contributed by atoms with van der Waals surface area (Å²) in [6.45, 7) is 12.1. The van der Waals surface area contributed by atoms with E-state index in [-0.39, 0.29) is 5.56 Å². The highest BCUT2D eigenvalue weighted by Crippen LogP contribution is 2.34. The molecule has 4 rings (SSSR count). The number of H-pyrrole nitrogens is 1. The highest BCUT2D eigenvalue weighted by molar-refractivity contribution is 7.97. The van der Waals surface area contributed by atoms with Gasteiger partial charge in [-0.2, -0.15) is 5.10 Å². The average Bonchev–Trinajstić information content (AvgIpc) is 3.11. The molecule has 8 nitrogen and oxygen atoms in total. The normalized spacial score (nSPS) is 15.5. The SMILES string of the molecule is CCCc1nn(C)c2c(=O)[nH]c(-c3cc(SN4CCN(CC)CC4)ccc3OCC)nc12. The van der Waals surface area contributed by atoms with Crippen molar-refractivity contribution >= 4 is 23.0 Å². The fourth-order valence-corrected chi connectivity index (χ4v) is 5.04. The van der Waals surface area contributed by atoms with Gasteiger partial charge >= 0.3 is 0 Å². The minimum Gasteiger partial charge on any atom is -0.493 e. The maximum Gasteiger partial charge on any atom is 0.277 e. The van der Waals surface area contributed by atoms with E-state index >= 15 is 0 Å². The Hall–Kier alpha value is -2.36. The monoisotopic (exact) mass is 456 g/mol. The Morgan fingerprint density at radius 1 is 1.16 bits per heavy atom. The highest BCUT2D eigenvalue weighted by atomic mass is 32.2. The zero-order valence-corrected chi connectivity index (χ0v) is 20.2. The fraction of sp³-hybridized carbons (Fsp3) is 0.522. The maximum atomic E-state index is 12.9. The molecule has 0 amide bonds. The molecular weight excluding hydrogens is 424 g/mol. The van der Waals surface area contributed by atoms with Crippen LogP contribution in [0.3, 0.4) is 0 Å². The van der Waals surface area contributed by atoms with Gasteiger partial charge in [-0.25, -0.2) is 9.29 Å². The summed E-state index contributed by atoms with van der Waals surface area (Å²) in [5.74, 6) is 1.24. The molecule has 1 aromatic carbocycles. The number of benzene rings is 1. The first-order chi connectivity index (χ1) is 15.5. The van der Waals surface area contributed by atoms with Gasteiger partial charge in [0.05, 0.1) is 17.9 Å². The van der Waals surface area contributed by atoms with E-state index in [4.69, 9.17) is 9.72 Å². The Labute approximate surface area is 193 Å². The molecule has 0 aliphatic carbocycles. The van der Waals surface area contributed by atoms with E-state index in [1.165, 1.54) is 0 Å². The van der Waals surface area contributed by atoms with E-state index in [2.05, 4.69) is 45.3 Å². The van der Waals surface area contributed by atoms with Crippen molar-refractivity contribution < 1.29 is 4.74 Å². The van der Waals surface area contributed by atoms with Crippen LogP contribution in [-0.4, -0.2) is 68.3 Å². The number of hydrogen-bond acceptors (Lipinski definition) is 7. The molecule has 0 saturated carbocycles. The molecule has 9 heteroatoms. The van der Waals surface area contributed by atoms with Crippen LogP contribution in [0.25, 0.3) is 22.4 Å². The Morgan fingerprint density at radius 3 is 2.62 bits per heavy atom. The predicted octanol–water partition coefficient (Wildman–Crippen LogP) is 3.32. The molecule has 3 heterocycles. The molecule has 1 saturated heterocycles. The van der Waals surface area contributed by atoms with Crippen LogP contribution in [0, 0.1) is 0 Å². The molecule has 1 aliphatic rings. The molecule has 0 bridgehead atoms. The van der Waals surface area contributed by atoms with Gasteiger partial charge in [0.15, 0.2) is 5.52 Å². The number of aromatic amines is 1. The van der Waals surface area contributed by atoms with E-state index in [1.54, 1.807) is 23.7 Å². The van der Waals surface area contributed by atoms with Gasteiger partial charge in [-0.05, 0) is 50.0 Å². The summed E-state index contributed by atoms with van der Waals surface area (Å²) < 4.78 is 9.91. The number of nitrogens with zero attached hydrogens (tertiary/aromatic N) is 5. The molecule has 1 N–H and O–H groups in total. The Kier molecular flexibility index (Phi) is 7.17. The summed E-state index contributed by atoms with van der Waals surface area (Å²) >= 11 is 1.75. The third-order valence-corrected chi connectivity index (χ3v) is 6.86. The number of nitrogens with one attached hydrogen (secondary N) is 1. The molecule has 0 atom stereocenters. The fourth-order valence-electron chi connectivity index (χ4n) is 4.10. The van der Waals surface area contributed by atoms with Crippen LogP contribution in [0.4, 0.5) is 0 Å². The first-order valence-electron chi connectivity index (χ1n) is 11.4. The summed E-state index contributed by atoms with van der Waals surface area (Å²) in [6.07, 6.45) is 1.72. The van der Waals surface area contributed by atoms with Crippen molar-refractivity contribution in [3.8, 4) is 17.1 Å². The first-order valence-corrected chi connectivity index (χ1v) is 12.2. The largest absolute Gasteiger partial charge is 0.493 e. The molecule has 0 spiro atoms. The summed E-state index contributed by atoms with van der Waals surface area (Å²) in [5, 5.41) is 4.53. The third kappa shape index (κ3) is 4.69. The van der Waals surface area contributed by atoms with Gasteiger partial charge in [-0.15, -0.1) is 0 Å². The second kappa shape index (κ2) is 10.1. The second-order valence-electron chi connectivity index (χ2n) is 7.98. The van der Waals surface area contributed by atoms with E-state index in [9.17, 15) is 4.79 Å². The van der Waals surface area contributed by atoms with Crippen LogP contribution in [0.1, 0.15) is 32.9 Å². The zero-order valence-electron chi connectivity index (χ0n) is 19.3. The minimum absolute atomic E-state index is 0.182. The van der Waals surface area contributed by atoms with Crippen molar-refractivity contribution in [2.45, 2.75) is 38.5 Å². The van der Waals surface area contributed by atoms with Gasteiger partial charge < -0.3 is 14.6 Å².